The molecular weight excluding hydrogens is 294 g/mol. The van der Waals surface area contributed by atoms with E-state index in [1.165, 1.54) is 0 Å². The molecular formula is C18H27NO4. The van der Waals surface area contributed by atoms with Crippen LogP contribution >= 0.6 is 0 Å². The number of nitrogens with zero attached hydrogens (tertiary/aromatic N) is 1. The molecule has 1 aromatic carbocycles. The van der Waals surface area contributed by atoms with Crippen molar-refractivity contribution in [3.05, 3.63) is 23.8 Å². The van der Waals surface area contributed by atoms with E-state index in [0.29, 0.717) is 24.6 Å². The number of hydrogen-bond acceptors (Lipinski definition) is 4. The summed E-state index contributed by atoms with van der Waals surface area (Å²) in [5.41, 5.74) is 0.648. The number of methoxy groups -OCH3 is 2. The molecule has 0 saturated carbocycles. The Labute approximate surface area is 138 Å². The molecule has 1 aliphatic rings. The van der Waals surface area contributed by atoms with Gasteiger partial charge in [0.2, 0.25) is 5.91 Å². The van der Waals surface area contributed by atoms with Crippen LogP contribution in [0.2, 0.25) is 0 Å². The SMILES string of the molecule is CCCC1(CO)CCN(C(=O)Cc2c(OC)cccc2OC)C1. The molecule has 0 bridgehead atoms. The zero-order chi connectivity index (χ0) is 16.9. The third-order valence-electron chi connectivity index (χ3n) is 4.76. The summed E-state index contributed by atoms with van der Waals surface area (Å²) in [4.78, 5) is 14.6. The Morgan fingerprint density at radius 3 is 2.48 bits per heavy atom. The van der Waals surface area contributed by atoms with Gasteiger partial charge in [0.25, 0.3) is 0 Å². The summed E-state index contributed by atoms with van der Waals surface area (Å²) in [6.07, 6.45) is 3.08. The zero-order valence-electron chi connectivity index (χ0n) is 14.3. The molecule has 0 radical (unpaired) electrons. The predicted octanol–water partition coefficient (Wildman–Crippen LogP) is 2.26. The van der Waals surface area contributed by atoms with Crippen molar-refractivity contribution in [2.24, 2.45) is 5.41 Å². The minimum absolute atomic E-state index is 0.0548. The van der Waals surface area contributed by atoms with Gasteiger partial charge in [0, 0.05) is 24.1 Å². The van der Waals surface area contributed by atoms with Gasteiger partial charge in [-0.15, -0.1) is 0 Å². The van der Waals surface area contributed by atoms with E-state index in [-0.39, 0.29) is 24.3 Å². The van der Waals surface area contributed by atoms with Gasteiger partial charge in [0.05, 0.1) is 27.2 Å². The number of ether oxygens (including phenoxy) is 2. The van der Waals surface area contributed by atoms with E-state index in [1.54, 1.807) is 14.2 Å². The number of aliphatic hydroxyl groups is 1. The Kier molecular flexibility index (Phi) is 5.88. The molecule has 1 fully saturated rings. The summed E-state index contributed by atoms with van der Waals surface area (Å²) < 4.78 is 10.7. The molecule has 1 saturated heterocycles. The monoisotopic (exact) mass is 321 g/mol. The number of amides is 1. The van der Waals surface area contributed by atoms with Crippen LogP contribution < -0.4 is 9.47 Å². The second kappa shape index (κ2) is 7.68. The Morgan fingerprint density at radius 2 is 1.96 bits per heavy atom. The maximum absolute atomic E-state index is 12.7. The number of carbonyl (C=O) groups is 1. The first-order chi connectivity index (χ1) is 11.1. The van der Waals surface area contributed by atoms with Crippen molar-refractivity contribution in [3.63, 3.8) is 0 Å². The molecule has 1 N–H and O–H groups in total. The Hall–Kier alpha value is -1.75. The van der Waals surface area contributed by atoms with Crippen molar-refractivity contribution < 1.29 is 19.4 Å². The topological polar surface area (TPSA) is 59.0 Å². The van der Waals surface area contributed by atoms with E-state index in [4.69, 9.17) is 9.47 Å². The van der Waals surface area contributed by atoms with Crippen LogP contribution in [0.4, 0.5) is 0 Å². The van der Waals surface area contributed by atoms with Gasteiger partial charge in [-0.2, -0.15) is 0 Å². The van der Waals surface area contributed by atoms with Crippen molar-refractivity contribution in [2.75, 3.05) is 33.9 Å². The van der Waals surface area contributed by atoms with Crippen molar-refractivity contribution in [2.45, 2.75) is 32.6 Å². The van der Waals surface area contributed by atoms with Crippen LogP contribution in [0.1, 0.15) is 31.7 Å². The van der Waals surface area contributed by atoms with Gasteiger partial charge >= 0.3 is 0 Å². The smallest absolute Gasteiger partial charge is 0.227 e. The van der Waals surface area contributed by atoms with Crippen molar-refractivity contribution in [1.82, 2.24) is 4.90 Å². The summed E-state index contributed by atoms with van der Waals surface area (Å²) in [5.74, 6) is 1.39. The second-order valence-electron chi connectivity index (χ2n) is 6.29. The van der Waals surface area contributed by atoms with E-state index < -0.39 is 0 Å². The van der Waals surface area contributed by atoms with E-state index in [9.17, 15) is 9.90 Å². The first-order valence-corrected chi connectivity index (χ1v) is 8.17. The highest BCUT2D eigenvalue weighted by Crippen LogP contribution is 2.36. The molecule has 5 heteroatoms. The molecule has 1 aromatic rings. The number of aliphatic hydroxyl groups excluding tert-OH is 1. The lowest BCUT2D eigenvalue weighted by molar-refractivity contribution is -0.130. The lowest BCUT2D eigenvalue weighted by Crippen LogP contribution is -2.35. The summed E-state index contributed by atoms with van der Waals surface area (Å²) >= 11 is 0. The van der Waals surface area contributed by atoms with Crippen LogP contribution in [0.3, 0.4) is 0 Å². The Morgan fingerprint density at radius 1 is 1.30 bits per heavy atom. The molecule has 5 nitrogen and oxygen atoms in total. The third kappa shape index (κ3) is 3.78. The van der Waals surface area contributed by atoms with Gasteiger partial charge in [-0.05, 0) is 25.0 Å². The lowest BCUT2D eigenvalue weighted by atomic mass is 9.83. The fourth-order valence-electron chi connectivity index (χ4n) is 3.46. The molecule has 2 rings (SSSR count). The van der Waals surface area contributed by atoms with Crippen molar-refractivity contribution in [3.8, 4) is 11.5 Å². The molecule has 23 heavy (non-hydrogen) atoms. The quantitative estimate of drug-likeness (QED) is 0.837. The Bertz CT molecular complexity index is 524. The summed E-state index contributed by atoms with van der Waals surface area (Å²) in [7, 11) is 3.19. The summed E-state index contributed by atoms with van der Waals surface area (Å²) in [6, 6.07) is 5.52. The Balaban J connectivity index is 2.12. The van der Waals surface area contributed by atoms with Crippen LogP contribution in [-0.4, -0.2) is 49.8 Å². The second-order valence-corrected chi connectivity index (χ2v) is 6.29. The fraction of sp³-hybridized carbons (Fsp3) is 0.611. The fourth-order valence-corrected chi connectivity index (χ4v) is 3.46. The number of likely N-dealkylation sites (tertiary alicyclic amines) is 1. The molecule has 1 atom stereocenters. The van der Waals surface area contributed by atoms with Gasteiger partial charge in [-0.25, -0.2) is 0 Å². The average Bonchev–Trinajstić information content (AvgIpc) is 3.00. The van der Waals surface area contributed by atoms with Crippen molar-refractivity contribution in [1.29, 1.82) is 0 Å². The van der Waals surface area contributed by atoms with Crippen LogP contribution in [0.5, 0.6) is 11.5 Å². The lowest BCUT2D eigenvalue weighted by Gasteiger charge is -2.26. The van der Waals surface area contributed by atoms with Crippen LogP contribution in [-0.2, 0) is 11.2 Å². The first-order valence-electron chi connectivity index (χ1n) is 8.17. The van der Waals surface area contributed by atoms with Gasteiger partial charge in [-0.1, -0.05) is 19.4 Å². The average molecular weight is 321 g/mol. The number of rotatable bonds is 7. The van der Waals surface area contributed by atoms with Crippen LogP contribution in [0.15, 0.2) is 18.2 Å². The summed E-state index contributed by atoms with van der Waals surface area (Å²) in [6.45, 7) is 3.59. The van der Waals surface area contributed by atoms with Gasteiger partial charge in [-0.3, -0.25) is 4.79 Å². The summed E-state index contributed by atoms with van der Waals surface area (Å²) in [5, 5.41) is 9.72. The normalized spacial score (nSPS) is 20.6. The maximum atomic E-state index is 12.7. The highest BCUT2D eigenvalue weighted by Gasteiger charge is 2.38. The number of hydrogen-bond donors (Lipinski definition) is 1. The molecule has 128 valence electrons. The standard InChI is InChI=1S/C18H27NO4/c1-4-8-18(13-20)9-10-19(12-18)17(21)11-14-15(22-2)6-5-7-16(14)23-3/h5-7,20H,4,8-13H2,1-3H3. The minimum Gasteiger partial charge on any atom is -0.496 e. The first kappa shape index (κ1) is 17.6. The molecule has 1 heterocycles. The number of benzene rings is 1. The van der Waals surface area contributed by atoms with Gasteiger partial charge in [0.15, 0.2) is 0 Å². The van der Waals surface area contributed by atoms with Gasteiger partial charge < -0.3 is 19.5 Å². The molecule has 1 unspecified atom stereocenters. The highest BCUT2D eigenvalue weighted by atomic mass is 16.5. The number of carbonyl (C=O) groups excluding carboxylic acids is 1. The van der Waals surface area contributed by atoms with E-state index in [1.807, 2.05) is 23.1 Å². The minimum atomic E-state index is -0.130. The molecule has 0 aromatic heterocycles. The molecule has 1 amide bonds. The third-order valence-corrected chi connectivity index (χ3v) is 4.76. The molecule has 1 aliphatic heterocycles. The predicted molar refractivity (Wildman–Crippen MR) is 88.9 cm³/mol. The van der Waals surface area contributed by atoms with Crippen molar-refractivity contribution >= 4 is 5.91 Å². The maximum Gasteiger partial charge on any atom is 0.227 e. The van der Waals surface area contributed by atoms with Crippen LogP contribution in [0, 0.1) is 5.41 Å². The van der Waals surface area contributed by atoms with E-state index in [2.05, 4.69) is 6.92 Å². The largest absolute Gasteiger partial charge is 0.496 e. The van der Waals surface area contributed by atoms with Gasteiger partial charge in [0.1, 0.15) is 11.5 Å². The highest BCUT2D eigenvalue weighted by molar-refractivity contribution is 5.80. The molecule has 0 spiro atoms. The van der Waals surface area contributed by atoms with E-state index >= 15 is 0 Å². The zero-order valence-corrected chi connectivity index (χ0v) is 14.3. The molecule has 0 aliphatic carbocycles. The van der Waals surface area contributed by atoms with E-state index in [0.717, 1.165) is 24.8 Å². The van der Waals surface area contributed by atoms with Crippen LogP contribution in [0.25, 0.3) is 0 Å².